The number of aryl methyl sites for hydroxylation is 1. The monoisotopic (exact) mass is 369 g/mol. The summed E-state index contributed by atoms with van der Waals surface area (Å²) in [7, 11) is 0. The first-order chi connectivity index (χ1) is 13.3. The van der Waals surface area contributed by atoms with Crippen LogP contribution in [0.15, 0.2) is 30.7 Å². The van der Waals surface area contributed by atoms with Crippen molar-refractivity contribution in [2.45, 2.75) is 38.3 Å². The standard InChI is InChI=1S/C19H27N7O/c27-19(25-13-11-24(12-14-25)17-4-8-20-9-5-17)18-15-26(23-22-18)10-6-16-3-1-2-7-21-16/h4-5,8-9,15-16,21H,1-3,6-7,10-14H2. The van der Waals surface area contributed by atoms with Crippen molar-refractivity contribution < 1.29 is 4.79 Å². The minimum atomic E-state index is -0.0218. The number of piperidine rings is 1. The Kier molecular flexibility index (Phi) is 5.62. The zero-order chi connectivity index (χ0) is 18.5. The average Bonchev–Trinajstić information content (AvgIpc) is 3.22. The van der Waals surface area contributed by atoms with Crippen molar-refractivity contribution in [3.63, 3.8) is 0 Å². The van der Waals surface area contributed by atoms with Gasteiger partial charge in [0.2, 0.25) is 0 Å². The summed E-state index contributed by atoms with van der Waals surface area (Å²) in [6, 6.07) is 4.57. The highest BCUT2D eigenvalue weighted by Crippen LogP contribution is 2.16. The van der Waals surface area contributed by atoms with Crippen LogP contribution in [-0.4, -0.2) is 69.6 Å². The number of anilines is 1. The molecule has 2 aliphatic heterocycles. The SMILES string of the molecule is O=C(c1cn(CCC2CCCCN2)nn1)N1CCN(c2ccncc2)CC1. The molecule has 2 saturated heterocycles. The van der Waals surface area contributed by atoms with Crippen LogP contribution in [0.4, 0.5) is 5.69 Å². The van der Waals surface area contributed by atoms with Crippen molar-refractivity contribution in [1.82, 2.24) is 30.2 Å². The summed E-state index contributed by atoms with van der Waals surface area (Å²) in [5.41, 5.74) is 1.60. The van der Waals surface area contributed by atoms with Crippen LogP contribution in [0.2, 0.25) is 0 Å². The number of hydrogen-bond donors (Lipinski definition) is 1. The van der Waals surface area contributed by atoms with Gasteiger partial charge in [0.25, 0.3) is 5.91 Å². The lowest BCUT2D eigenvalue weighted by Crippen LogP contribution is -2.48. The first-order valence-electron chi connectivity index (χ1n) is 9.87. The van der Waals surface area contributed by atoms with Gasteiger partial charge in [-0.2, -0.15) is 0 Å². The van der Waals surface area contributed by atoms with Crippen LogP contribution in [0, 0.1) is 0 Å². The lowest BCUT2D eigenvalue weighted by Gasteiger charge is -2.35. The number of pyridine rings is 1. The maximum atomic E-state index is 12.7. The third-order valence-corrected chi connectivity index (χ3v) is 5.47. The Morgan fingerprint density at radius 3 is 2.70 bits per heavy atom. The molecular weight excluding hydrogens is 342 g/mol. The van der Waals surface area contributed by atoms with E-state index in [0.717, 1.165) is 38.3 Å². The van der Waals surface area contributed by atoms with Gasteiger partial charge in [0.15, 0.2) is 5.69 Å². The molecule has 0 aromatic carbocycles. The molecule has 2 aromatic rings. The largest absolute Gasteiger partial charge is 0.368 e. The highest BCUT2D eigenvalue weighted by Gasteiger charge is 2.24. The molecule has 8 nitrogen and oxygen atoms in total. The molecule has 1 atom stereocenters. The van der Waals surface area contributed by atoms with Crippen LogP contribution >= 0.6 is 0 Å². The van der Waals surface area contributed by atoms with Gasteiger partial charge in [-0.3, -0.25) is 14.5 Å². The zero-order valence-corrected chi connectivity index (χ0v) is 15.6. The second-order valence-electron chi connectivity index (χ2n) is 7.29. The number of aromatic nitrogens is 4. The fourth-order valence-electron chi connectivity index (χ4n) is 3.85. The maximum absolute atomic E-state index is 12.7. The summed E-state index contributed by atoms with van der Waals surface area (Å²) in [5, 5.41) is 11.8. The lowest BCUT2D eigenvalue weighted by atomic mass is 10.0. The van der Waals surface area contributed by atoms with Crippen molar-refractivity contribution in [2.75, 3.05) is 37.6 Å². The molecule has 144 valence electrons. The quantitative estimate of drug-likeness (QED) is 0.852. The first-order valence-corrected chi connectivity index (χ1v) is 9.87. The van der Waals surface area contributed by atoms with Gasteiger partial charge in [0.05, 0.1) is 6.20 Å². The molecule has 0 radical (unpaired) electrons. The number of nitrogens with zero attached hydrogens (tertiary/aromatic N) is 6. The van der Waals surface area contributed by atoms with Gasteiger partial charge in [-0.25, -0.2) is 0 Å². The van der Waals surface area contributed by atoms with Crippen LogP contribution in [0.5, 0.6) is 0 Å². The van der Waals surface area contributed by atoms with Gasteiger partial charge < -0.3 is 15.1 Å². The second-order valence-corrected chi connectivity index (χ2v) is 7.29. The molecule has 2 fully saturated rings. The number of piperazine rings is 1. The highest BCUT2D eigenvalue weighted by molar-refractivity contribution is 5.92. The van der Waals surface area contributed by atoms with Crippen LogP contribution in [0.1, 0.15) is 36.2 Å². The van der Waals surface area contributed by atoms with Gasteiger partial charge in [0, 0.05) is 56.8 Å². The number of rotatable bonds is 5. The first kappa shape index (κ1) is 17.9. The van der Waals surface area contributed by atoms with Crippen LogP contribution in [0.25, 0.3) is 0 Å². The van der Waals surface area contributed by atoms with E-state index in [2.05, 4.69) is 25.5 Å². The smallest absolute Gasteiger partial charge is 0.276 e. The Balaban J connectivity index is 1.28. The Hall–Kier alpha value is -2.48. The third-order valence-electron chi connectivity index (χ3n) is 5.47. The van der Waals surface area contributed by atoms with E-state index in [9.17, 15) is 4.79 Å². The predicted octanol–water partition coefficient (Wildman–Crippen LogP) is 1.17. The number of hydrogen-bond acceptors (Lipinski definition) is 6. The lowest BCUT2D eigenvalue weighted by molar-refractivity contribution is 0.0740. The van der Waals surface area contributed by atoms with Crippen molar-refractivity contribution >= 4 is 11.6 Å². The number of nitrogens with one attached hydrogen (secondary N) is 1. The van der Waals surface area contributed by atoms with E-state index in [1.165, 1.54) is 19.3 Å². The third kappa shape index (κ3) is 4.44. The van der Waals surface area contributed by atoms with Gasteiger partial charge in [-0.15, -0.1) is 5.10 Å². The Bertz CT molecular complexity index is 734. The molecule has 1 N–H and O–H groups in total. The van der Waals surface area contributed by atoms with E-state index in [1.807, 2.05) is 17.0 Å². The molecule has 2 aromatic heterocycles. The summed E-state index contributed by atoms with van der Waals surface area (Å²) in [4.78, 5) is 20.9. The molecule has 0 spiro atoms. The summed E-state index contributed by atoms with van der Waals surface area (Å²) in [5.74, 6) is -0.0218. The van der Waals surface area contributed by atoms with Crippen molar-refractivity contribution in [3.05, 3.63) is 36.4 Å². The normalized spacial score (nSPS) is 20.7. The van der Waals surface area contributed by atoms with Crippen molar-refractivity contribution in [1.29, 1.82) is 0 Å². The Labute approximate surface area is 159 Å². The molecule has 2 aliphatic rings. The molecule has 4 heterocycles. The van der Waals surface area contributed by atoms with Gasteiger partial charge >= 0.3 is 0 Å². The molecule has 4 rings (SSSR count). The van der Waals surface area contributed by atoms with Gasteiger partial charge in [-0.1, -0.05) is 11.6 Å². The van der Waals surface area contributed by atoms with E-state index in [4.69, 9.17) is 0 Å². The van der Waals surface area contributed by atoms with E-state index in [0.29, 0.717) is 24.8 Å². The molecule has 1 unspecified atom stereocenters. The molecule has 0 aliphatic carbocycles. The van der Waals surface area contributed by atoms with Crippen molar-refractivity contribution in [3.8, 4) is 0 Å². The van der Waals surface area contributed by atoms with E-state index >= 15 is 0 Å². The minimum absolute atomic E-state index is 0.0218. The molecular formula is C19H27N7O. The Morgan fingerprint density at radius 2 is 1.96 bits per heavy atom. The molecule has 1 amide bonds. The van der Waals surface area contributed by atoms with Crippen LogP contribution in [-0.2, 0) is 6.54 Å². The molecule has 0 saturated carbocycles. The van der Waals surface area contributed by atoms with E-state index < -0.39 is 0 Å². The highest BCUT2D eigenvalue weighted by atomic mass is 16.2. The predicted molar refractivity (Wildman–Crippen MR) is 103 cm³/mol. The van der Waals surface area contributed by atoms with E-state index in [-0.39, 0.29) is 5.91 Å². The summed E-state index contributed by atoms with van der Waals surface area (Å²) < 4.78 is 1.80. The number of carbonyl (C=O) groups excluding carboxylic acids is 1. The maximum Gasteiger partial charge on any atom is 0.276 e. The summed E-state index contributed by atoms with van der Waals surface area (Å²) in [6.45, 7) is 4.93. The van der Waals surface area contributed by atoms with Gasteiger partial charge in [0.1, 0.15) is 0 Å². The second kappa shape index (κ2) is 8.47. The summed E-state index contributed by atoms with van der Waals surface area (Å²) >= 11 is 0. The van der Waals surface area contributed by atoms with Crippen molar-refractivity contribution in [2.24, 2.45) is 0 Å². The fourth-order valence-corrected chi connectivity index (χ4v) is 3.85. The molecule has 0 bridgehead atoms. The average molecular weight is 369 g/mol. The number of amides is 1. The number of carbonyl (C=O) groups is 1. The minimum Gasteiger partial charge on any atom is -0.368 e. The molecule has 8 heteroatoms. The Morgan fingerprint density at radius 1 is 1.15 bits per heavy atom. The van der Waals surface area contributed by atoms with Crippen LogP contribution < -0.4 is 10.2 Å². The zero-order valence-electron chi connectivity index (χ0n) is 15.6. The topological polar surface area (TPSA) is 79.2 Å². The van der Waals surface area contributed by atoms with Gasteiger partial charge in [-0.05, 0) is 37.9 Å². The summed E-state index contributed by atoms with van der Waals surface area (Å²) in [6.07, 6.45) is 10.2. The van der Waals surface area contributed by atoms with Crippen LogP contribution in [0.3, 0.4) is 0 Å². The fraction of sp³-hybridized carbons (Fsp3) is 0.579. The molecule has 27 heavy (non-hydrogen) atoms. The van der Waals surface area contributed by atoms with E-state index in [1.54, 1.807) is 23.3 Å².